The van der Waals surface area contributed by atoms with Crippen molar-refractivity contribution >= 4 is 34.9 Å². The van der Waals surface area contributed by atoms with Crippen molar-refractivity contribution in [2.75, 3.05) is 10.2 Å². The molecular weight excluding hydrogens is 365 g/mol. The fraction of sp³-hybridized carbons (Fsp3) is 0.250. The number of halogens is 2. The van der Waals surface area contributed by atoms with Gasteiger partial charge in [-0.2, -0.15) is 4.98 Å². The number of rotatable bonds is 3. The minimum absolute atomic E-state index is 0.200. The lowest BCUT2D eigenvalue weighted by Gasteiger charge is -2.35. The van der Waals surface area contributed by atoms with Gasteiger partial charge in [-0.15, -0.1) is 0 Å². The van der Waals surface area contributed by atoms with Gasteiger partial charge in [0.1, 0.15) is 12.1 Å². The van der Waals surface area contributed by atoms with Gasteiger partial charge in [-0.1, -0.05) is 17.7 Å². The van der Waals surface area contributed by atoms with Gasteiger partial charge in [-0.25, -0.2) is 14.4 Å². The van der Waals surface area contributed by atoms with Gasteiger partial charge in [0, 0.05) is 22.4 Å². The lowest BCUT2D eigenvalue weighted by atomic mass is 9.97. The number of hydrogen-bond donors (Lipinski definition) is 1. The number of anilines is 4. The predicted molar refractivity (Wildman–Crippen MR) is 106 cm³/mol. The maximum Gasteiger partial charge on any atom is 0.234 e. The summed E-state index contributed by atoms with van der Waals surface area (Å²) in [6.45, 7) is 4.10. The maximum absolute atomic E-state index is 13.6. The van der Waals surface area contributed by atoms with E-state index in [4.69, 9.17) is 11.6 Å². The molecular formula is C20H19ClFN5. The van der Waals surface area contributed by atoms with Crippen LogP contribution in [0.15, 0.2) is 42.7 Å². The molecule has 5 nitrogen and oxygen atoms in total. The zero-order valence-corrected chi connectivity index (χ0v) is 15.8. The third kappa shape index (κ3) is 3.57. The Labute approximate surface area is 162 Å². The third-order valence-electron chi connectivity index (χ3n) is 4.79. The molecule has 0 radical (unpaired) electrons. The molecule has 1 aliphatic heterocycles. The number of benzene rings is 2. The lowest BCUT2D eigenvalue weighted by Crippen LogP contribution is -2.34. The first-order valence-electron chi connectivity index (χ1n) is 8.81. The molecule has 0 saturated heterocycles. The van der Waals surface area contributed by atoms with E-state index in [1.807, 2.05) is 30.0 Å². The van der Waals surface area contributed by atoms with Gasteiger partial charge >= 0.3 is 0 Å². The molecule has 0 aliphatic carbocycles. The van der Waals surface area contributed by atoms with E-state index in [-0.39, 0.29) is 11.9 Å². The van der Waals surface area contributed by atoms with Crippen LogP contribution >= 0.6 is 11.6 Å². The van der Waals surface area contributed by atoms with Crippen molar-refractivity contribution in [2.24, 2.45) is 0 Å². The normalized spacial score (nSPS) is 16.1. The van der Waals surface area contributed by atoms with E-state index >= 15 is 0 Å². The van der Waals surface area contributed by atoms with E-state index in [9.17, 15) is 4.39 Å². The van der Waals surface area contributed by atoms with E-state index in [2.05, 4.69) is 27.2 Å². The minimum Gasteiger partial charge on any atom is -0.324 e. The maximum atomic E-state index is 13.6. The Morgan fingerprint density at radius 3 is 2.89 bits per heavy atom. The molecule has 27 heavy (non-hydrogen) atoms. The molecule has 0 bridgehead atoms. The zero-order chi connectivity index (χ0) is 19.0. The second kappa shape index (κ2) is 7.12. The number of nitrogens with zero attached hydrogens (tertiary/aromatic N) is 4. The number of aromatic nitrogens is 3. The number of hydrogen-bond acceptors (Lipinski definition) is 5. The Kier molecular flexibility index (Phi) is 4.66. The molecule has 0 fully saturated rings. The molecule has 1 aliphatic rings. The highest BCUT2D eigenvalue weighted by Gasteiger charge is 2.27. The first kappa shape index (κ1) is 17.7. The summed E-state index contributed by atoms with van der Waals surface area (Å²) in [7, 11) is 0. The topological polar surface area (TPSA) is 53.9 Å². The summed E-state index contributed by atoms with van der Waals surface area (Å²) in [5, 5.41) is 3.84. The molecule has 1 unspecified atom stereocenters. The second-order valence-corrected chi connectivity index (χ2v) is 7.16. The molecule has 2 aromatic carbocycles. The highest BCUT2D eigenvalue weighted by atomic mass is 35.5. The Morgan fingerprint density at radius 2 is 2.04 bits per heavy atom. The van der Waals surface area contributed by atoms with Gasteiger partial charge in [-0.05, 0) is 68.1 Å². The predicted octanol–water partition coefficient (Wildman–Crippen LogP) is 5.19. The smallest absolute Gasteiger partial charge is 0.234 e. The summed E-state index contributed by atoms with van der Waals surface area (Å²) in [4.78, 5) is 15.2. The summed E-state index contributed by atoms with van der Waals surface area (Å²) in [6, 6.07) is 10.7. The summed E-state index contributed by atoms with van der Waals surface area (Å²) in [5.41, 5.74) is 3.78. The van der Waals surface area contributed by atoms with E-state index in [1.165, 1.54) is 12.4 Å². The van der Waals surface area contributed by atoms with Crippen molar-refractivity contribution in [1.82, 2.24) is 15.0 Å². The Hall–Kier alpha value is -2.73. The fourth-order valence-electron chi connectivity index (χ4n) is 3.34. The number of fused-ring (bicyclic) bond motifs is 1. The molecule has 0 saturated carbocycles. The van der Waals surface area contributed by atoms with Crippen LogP contribution in [-0.4, -0.2) is 21.0 Å². The standard InChI is InChI=1S/C20H19ClFN5/c1-12-3-6-15(21)10-17(12)25-19-23-11-24-20(26-19)27-13(2)4-5-14-9-16(22)7-8-18(14)27/h3,6-11,13H,4-5H2,1-2H3,(H,23,24,25,26). The van der Waals surface area contributed by atoms with E-state index in [0.717, 1.165) is 35.3 Å². The molecule has 3 aromatic rings. The average Bonchev–Trinajstić information content (AvgIpc) is 2.65. The van der Waals surface area contributed by atoms with Gasteiger partial charge in [0.05, 0.1) is 0 Å². The largest absolute Gasteiger partial charge is 0.324 e. The van der Waals surface area contributed by atoms with Crippen molar-refractivity contribution in [3.63, 3.8) is 0 Å². The highest BCUT2D eigenvalue weighted by Crippen LogP contribution is 2.35. The van der Waals surface area contributed by atoms with Crippen LogP contribution in [0.5, 0.6) is 0 Å². The third-order valence-corrected chi connectivity index (χ3v) is 5.03. The van der Waals surface area contributed by atoms with Crippen LogP contribution in [0.25, 0.3) is 0 Å². The Bertz CT molecular complexity index is 994. The van der Waals surface area contributed by atoms with E-state index in [0.29, 0.717) is 16.9 Å². The second-order valence-electron chi connectivity index (χ2n) is 6.72. The quantitative estimate of drug-likeness (QED) is 0.674. The van der Waals surface area contributed by atoms with Crippen LogP contribution in [0.4, 0.5) is 27.7 Å². The van der Waals surface area contributed by atoms with Gasteiger partial charge in [0.2, 0.25) is 11.9 Å². The molecule has 1 atom stereocenters. The summed E-state index contributed by atoms with van der Waals surface area (Å²) in [6.07, 6.45) is 3.22. The van der Waals surface area contributed by atoms with Gasteiger partial charge in [-0.3, -0.25) is 0 Å². The van der Waals surface area contributed by atoms with Gasteiger partial charge in [0.25, 0.3) is 0 Å². The molecule has 0 spiro atoms. The summed E-state index contributed by atoms with van der Waals surface area (Å²) < 4.78 is 13.6. The zero-order valence-electron chi connectivity index (χ0n) is 15.1. The van der Waals surface area contributed by atoms with Crippen LogP contribution < -0.4 is 10.2 Å². The van der Waals surface area contributed by atoms with Crippen molar-refractivity contribution < 1.29 is 4.39 Å². The first-order valence-corrected chi connectivity index (χ1v) is 9.19. The van der Waals surface area contributed by atoms with Crippen LogP contribution in [0.2, 0.25) is 5.02 Å². The first-order chi connectivity index (χ1) is 13.0. The highest BCUT2D eigenvalue weighted by molar-refractivity contribution is 6.30. The molecule has 1 aromatic heterocycles. The molecule has 0 amide bonds. The monoisotopic (exact) mass is 383 g/mol. The molecule has 2 heterocycles. The van der Waals surface area contributed by atoms with E-state index < -0.39 is 0 Å². The van der Waals surface area contributed by atoms with Crippen LogP contribution in [-0.2, 0) is 6.42 Å². The van der Waals surface area contributed by atoms with E-state index in [1.54, 1.807) is 12.1 Å². The SMILES string of the molecule is Cc1ccc(Cl)cc1Nc1ncnc(N2c3ccc(F)cc3CCC2C)n1. The molecule has 1 N–H and O–H groups in total. The summed E-state index contributed by atoms with van der Waals surface area (Å²) >= 11 is 6.09. The molecule has 138 valence electrons. The lowest BCUT2D eigenvalue weighted by molar-refractivity contribution is 0.591. The van der Waals surface area contributed by atoms with Crippen molar-refractivity contribution in [1.29, 1.82) is 0 Å². The minimum atomic E-state index is -0.224. The number of nitrogens with one attached hydrogen (secondary N) is 1. The Morgan fingerprint density at radius 1 is 1.19 bits per heavy atom. The van der Waals surface area contributed by atoms with Crippen molar-refractivity contribution in [3.05, 3.63) is 64.7 Å². The fourth-order valence-corrected chi connectivity index (χ4v) is 3.51. The van der Waals surface area contributed by atoms with Crippen LogP contribution in [0.1, 0.15) is 24.5 Å². The Balaban J connectivity index is 1.69. The number of aryl methyl sites for hydroxylation is 2. The van der Waals surface area contributed by atoms with Gasteiger partial charge < -0.3 is 10.2 Å². The molecule has 7 heteroatoms. The molecule has 4 rings (SSSR count). The van der Waals surface area contributed by atoms with Crippen LogP contribution in [0.3, 0.4) is 0 Å². The van der Waals surface area contributed by atoms with Crippen molar-refractivity contribution in [2.45, 2.75) is 32.7 Å². The van der Waals surface area contributed by atoms with Crippen molar-refractivity contribution in [3.8, 4) is 0 Å². The summed E-state index contributed by atoms with van der Waals surface area (Å²) in [5.74, 6) is 0.747. The van der Waals surface area contributed by atoms with Crippen LogP contribution in [0, 0.1) is 12.7 Å². The average molecular weight is 384 g/mol. The van der Waals surface area contributed by atoms with Gasteiger partial charge in [0.15, 0.2) is 0 Å².